The van der Waals surface area contributed by atoms with Gasteiger partial charge in [-0.25, -0.2) is 8.78 Å². The van der Waals surface area contributed by atoms with E-state index in [2.05, 4.69) is 4.74 Å². The SMILES string of the molecule is O=C(OC1CCC(OC(F)C(F)(F)F)CC1)C1CCC(C2CCCCC2)CC1F. The molecule has 4 unspecified atom stereocenters. The van der Waals surface area contributed by atoms with Crippen molar-refractivity contribution in [2.24, 2.45) is 17.8 Å². The van der Waals surface area contributed by atoms with Crippen molar-refractivity contribution in [3.05, 3.63) is 0 Å². The molecule has 0 aromatic heterocycles. The Bertz CT molecular complexity index is 527. The van der Waals surface area contributed by atoms with Crippen LogP contribution in [0.2, 0.25) is 0 Å². The first kappa shape index (κ1) is 22.8. The molecule has 0 radical (unpaired) electrons. The minimum Gasteiger partial charge on any atom is -0.462 e. The summed E-state index contributed by atoms with van der Waals surface area (Å²) in [5, 5.41) is 0. The lowest BCUT2D eigenvalue weighted by Gasteiger charge is -2.37. The Hall–Kier alpha value is -0.920. The van der Waals surface area contributed by atoms with Crippen LogP contribution < -0.4 is 0 Å². The molecular weight excluding hydrogens is 395 g/mol. The number of hydrogen-bond donors (Lipinski definition) is 0. The van der Waals surface area contributed by atoms with Crippen molar-refractivity contribution in [1.29, 1.82) is 0 Å². The van der Waals surface area contributed by atoms with E-state index < -0.39 is 42.8 Å². The van der Waals surface area contributed by atoms with Gasteiger partial charge in [0.2, 0.25) is 0 Å². The molecule has 29 heavy (non-hydrogen) atoms. The summed E-state index contributed by atoms with van der Waals surface area (Å²) >= 11 is 0. The summed E-state index contributed by atoms with van der Waals surface area (Å²) in [5.41, 5.74) is 0. The second-order valence-electron chi connectivity index (χ2n) is 8.92. The van der Waals surface area contributed by atoms with E-state index in [4.69, 9.17) is 4.74 Å². The highest BCUT2D eigenvalue weighted by Crippen LogP contribution is 2.41. The predicted molar refractivity (Wildman–Crippen MR) is 96.5 cm³/mol. The van der Waals surface area contributed by atoms with E-state index >= 15 is 0 Å². The molecule has 0 aromatic rings. The Morgan fingerprint density at radius 3 is 2.03 bits per heavy atom. The fourth-order valence-corrected chi connectivity index (χ4v) is 5.23. The van der Waals surface area contributed by atoms with Crippen LogP contribution in [0.3, 0.4) is 0 Å². The molecule has 0 saturated heterocycles. The van der Waals surface area contributed by atoms with E-state index in [1.54, 1.807) is 0 Å². The van der Waals surface area contributed by atoms with Crippen molar-refractivity contribution in [3.8, 4) is 0 Å². The number of ether oxygens (including phenoxy) is 2. The lowest BCUT2D eigenvalue weighted by Crippen LogP contribution is -2.39. The molecule has 3 nitrogen and oxygen atoms in total. The highest BCUT2D eigenvalue weighted by atomic mass is 19.4. The van der Waals surface area contributed by atoms with Gasteiger partial charge in [0.15, 0.2) is 0 Å². The summed E-state index contributed by atoms with van der Waals surface area (Å²) in [4.78, 5) is 12.4. The molecule has 0 bridgehead atoms. The second-order valence-corrected chi connectivity index (χ2v) is 8.92. The number of carbonyl (C=O) groups excluding carboxylic acids is 1. The number of alkyl halides is 5. The third kappa shape index (κ3) is 6.28. The molecule has 0 heterocycles. The molecule has 4 atom stereocenters. The summed E-state index contributed by atoms with van der Waals surface area (Å²) < 4.78 is 74.3. The molecule has 3 saturated carbocycles. The van der Waals surface area contributed by atoms with E-state index in [-0.39, 0.29) is 12.8 Å². The van der Waals surface area contributed by atoms with Gasteiger partial charge in [-0.05, 0) is 56.8 Å². The van der Waals surface area contributed by atoms with Gasteiger partial charge in [-0.2, -0.15) is 13.2 Å². The Balaban J connectivity index is 1.40. The van der Waals surface area contributed by atoms with Crippen molar-refractivity contribution in [3.63, 3.8) is 0 Å². The standard InChI is InChI=1S/C21H31F5O3/c22-18-12-14(13-4-2-1-3-5-13)6-11-17(18)19(27)28-15-7-9-16(10-8-15)29-20(23)21(24,25)26/h13-18,20H,1-12H2. The fraction of sp³-hybridized carbons (Fsp3) is 0.952. The topological polar surface area (TPSA) is 35.5 Å². The summed E-state index contributed by atoms with van der Waals surface area (Å²) in [7, 11) is 0. The molecule has 3 rings (SSSR count). The first-order valence-corrected chi connectivity index (χ1v) is 10.9. The Labute approximate surface area is 168 Å². The van der Waals surface area contributed by atoms with Crippen molar-refractivity contribution in [2.45, 2.75) is 108 Å². The summed E-state index contributed by atoms with van der Waals surface area (Å²) in [6.45, 7) is 0. The lowest BCUT2D eigenvalue weighted by atomic mass is 9.70. The monoisotopic (exact) mass is 426 g/mol. The van der Waals surface area contributed by atoms with Crippen molar-refractivity contribution >= 4 is 5.97 Å². The highest BCUT2D eigenvalue weighted by Gasteiger charge is 2.44. The van der Waals surface area contributed by atoms with Gasteiger partial charge in [-0.3, -0.25) is 4.79 Å². The van der Waals surface area contributed by atoms with Crippen LogP contribution in [-0.4, -0.2) is 36.9 Å². The van der Waals surface area contributed by atoms with E-state index in [0.717, 1.165) is 19.3 Å². The molecule has 168 valence electrons. The molecule has 0 aliphatic heterocycles. The smallest absolute Gasteiger partial charge is 0.445 e. The van der Waals surface area contributed by atoms with Gasteiger partial charge >= 0.3 is 12.1 Å². The fourth-order valence-electron chi connectivity index (χ4n) is 5.23. The van der Waals surface area contributed by atoms with Crippen LogP contribution in [0.4, 0.5) is 22.0 Å². The van der Waals surface area contributed by atoms with Crippen molar-refractivity contribution < 1.29 is 36.2 Å². The average Bonchev–Trinajstić information content (AvgIpc) is 2.69. The van der Waals surface area contributed by atoms with Gasteiger partial charge < -0.3 is 9.47 Å². The van der Waals surface area contributed by atoms with Crippen LogP contribution in [0.5, 0.6) is 0 Å². The van der Waals surface area contributed by atoms with Crippen LogP contribution in [0, 0.1) is 17.8 Å². The first-order valence-electron chi connectivity index (χ1n) is 10.9. The Morgan fingerprint density at radius 2 is 1.45 bits per heavy atom. The summed E-state index contributed by atoms with van der Waals surface area (Å²) in [6.07, 6.45) is -2.11. The molecule has 3 aliphatic rings. The van der Waals surface area contributed by atoms with Crippen LogP contribution in [0.1, 0.15) is 77.0 Å². The van der Waals surface area contributed by atoms with Crippen LogP contribution in [-0.2, 0) is 14.3 Å². The quantitative estimate of drug-likeness (QED) is 0.397. The van der Waals surface area contributed by atoms with E-state index in [0.29, 0.717) is 37.5 Å². The van der Waals surface area contributed by atoms with Crippen LogP contribution in [0.25, 0.3) is 0 Å². The van der Waals surface area contributed by atoms with Gasteiger partial charge in [-0.1, -0.05) is 32.1 Å². The minimum atomic E-state index is -5.03. The molecule has 0 N–H and O–H groups in total. The molecule has 0 aromatic carbocycles. The molecule has 3 fully saturated rings. The number of halogens is 5. The first-order chi connectivity index (χ1) is 13.7. The largest absolute Gasteiger partial charge is 0.462 e. The molecule has 0 spiro atoms. The average molecular weight is 426 g/mol. The third-order valence-electron chi connectivity index (χ3n) is 6.91. The Kier molecular flexibility index (Phi) is 7.79. The molecule has 0 amide bonds. The second kappa shape index (κ2) is 9.92. The summed E-state index contributed by atoms with van der Waals surface area (Å²) in [5.74, 6) is -0.360. The highest BCUT2D eigenvalue weighted by molar-refractivity contribution is 5.73. The lowest BCUT2D eigenvalue weighted by molar-refractivity contribution is -0.280. The maximum absolute atomic E-state index is 14.7. The number of carbonyl (C=O) groups is 1. The minimum absolute atomic E-state index is 0.182. The van der Waals surface area contributed by atoms with Gasteiger partial charge in [0.25, 0.3) is 6.36 Å². The number of hydrogen-bond acceptors (Lipinski definition) is 3. The van der Waals surface area contributed by atoms with Gasteiger partial charge in [0.05, 0.1) is 12.0 Å². The van der Waals surface area contributed by atoms with Crippen molar-refractivity contribution in [2.75, 3.05) is 0 Å². The van der Waals surface area contributed by atoms with Crippen molar-refractivity contribution in [1.82, 2.24) is 0 Å². The predicted octanol–water partition coefficient (Wildman–Crippen LogP) is 6.05. The van der Waals surface area contributed by atoms with Gasteiger partial charge in [-0.15, -0.1) is 0 Å². The van der Waals surface area contributed by atoms with Gasteiger partial charge in [0, 0.05) is 0 Å². The normalized spacial score (nSPS) is 35.8. The zero-order chi connectivity index (χ0) is 21.0. The number of esters is 1. The summed E-state index contributed by atoms with van der Waals surface area (Å²) in [6, 6.07) is 0. The van der Waals surface area contributed by atoms with Gasteiger partial charge in [0.1, 0.15) is 12.3 Å². The molecule has 3 aliphatic carbocycles. The maximum atomic E-state index is 14.7. The van der Waals surface area contributed by atoms with E-state index in [1.807, 2.05) is 0 Å². The Morgan fingerprint density at radius 1 is 0.828 bits per heavy atom. The zero-order valence-electron chi connectivity index (χ0n) is 16.6. The third-order valence-corrected chi connectivity index (χ3v) is 6.91. The number of rotatable bonds is 5. The zero-order valence-corrected chi connectivity index (χ0v) is 16.6. The molecular formula is C21H31F5O3. The van der Waals surface area contributed by atoms with Crippen LogP contribution in [0.15, 0.2) is 0 Å². The van der Waals surface area contributed by atoms with E-state index in [1.165, 1.54) is 19.3 Å². The maximum Gasteiger partial charge on any atom is 0.445 e. The van der Waals surface area contributed by atoms with Crippen LogP contribution >= 0.6 is 0 Å². The molecule has 8 heteroatoms. The van der Waals surface area contributed by atoms with E-state index in [9.17, 15) is 26.7 Å².